The van der Waals surface area contributed by atoms with Crippen LogP contribution in [-0.2, 0) is 30.3 Å². The average molecular weight is 435 g/mol. The van der Waals surface area contributed by atoms with E-state index in [1.807, 2.05) is 11.4 Å². The van der Waals surface area contributed by atoms with Gasteiger partial charge in [0, 0.05) is 23.3 Å². The summed E-state index contributed by atoms with van der Waals surface area (Å²) in [6, 6.07) is 3.61. The molecule has 1 aromatic heterocycles. The van der Waals surface area contributed by atoms with E-state index in [4.69, 9.17) is 10.5 Å². The number of ether oxygens (including phenoxy) is 2. The number of carbonyl (C=O) groups is 4. The normalized spacial score (nSPS) is 22.9. The van der Waals surface area contributed by atoms with Crippen LogP contribution in [0.4, 0.5) is 4.79 Å². The molecule has 3 amide bonds. The fraction of sp³-hybridized carbons (Fsp3) is 0.375. The SMILES string of the molecule is CO[C@@]1(NC(=O)Cc2cccs2)C(=O)N2C(C(=O)O)=C(COC(N)=O)CS[C@@H]21.[LiH]. The molecule has 3 rings (SSSR count). The second-order valence-corrected chi connectivity index (χ2v) is 8.05. The summed E-state index contributed by atoms with van der Waals surface area (Å²) in [5.74, 6) is -2.31. The van der Waals surface area contributed by atoms with Crippen LogP contribution >= 0.6 is 23.1 Å². The van der Waals surface area contributed by atoms with Crippen LogP contribution in [0.5, 0.6) is 0 Å². The Morgan fingerprint density at radius 1 is 1.45 bits per heavy atom. The van der Waals surface area contributed by atoms with E-state index >= 15 is 0 Å². The van der Waals surface area contributed by atoms with Crippen molar-refractivity contribution in [2.24, 2.45) is 5.73 Å². The number of hydrogen-bond acceptors (Lipinski definition) is 8. The van der Waals surface area contributed by atoms with Gasteiger partial charge in [0.15, 0.2) is 0 Å². The Balaban J connectivity index is 0.00000300. The van der Waals surface area contributed by atoms with E-state index in [2.05, 4.69) is 10.1 Å². The number of aliphatic carboxylic acids is 1. The molecule has 0 saturated carbocycles. The van der Waals surface area contributed by atoms with E-state index < -0.39 is 35.0 Å². The molecule has 3 heterocycles. The summed E-state index contributed by atoms with van der Waals surface area (Å²) in [6.45, 7) is -0.342. The van der Waals surface area contributed by atoms with Crippen LogP contribution in [-0.4, -0.2) is 83.3 Å². The first kappa shape index (κ1) is 23.3. The Bertz CT molecular complexity index is 861. The van der Waals surface area contributed by atoms with Crippen LogP contribution in [0.25, 0.3) is 0 Å². The monoisotopic (exact) mass is 435 g/mol. The van der Waals surface area contributed by atoms with Crippen LogP contribution in [0, 0.1) is 0 Å². The topological polar surface area (TPSA) is 148 Å². The summed E-state index contributed by atoms with van der Waals surface area (Å²) in [7, 11) is 1.27. The summed E-state index contributed by atoms with van der Waals surface area (Å²) in [4.78, 5) is 49.6. The van der Waals surface area contributed by atoms with Crippen molar-refractivity contribution in [3.8, 4) is 0 Å². The molecule has 0 spiro atoms. The molecule has 0 bridgehead atoms. The van der Waals surface area contributed by atoms with Crippen LogP contribution in [0.1, 0.15) is 4.88 Å². The zero-order valence-corrected chi connectivity index (χ0v) is 16.3. The first-order chi connectivity index (χ1) is 13.3. The molecule has 1 fully saturated rings. The molecular formula is C16H18LiN3O7S2. The summed E-state index contributed by atoms with van der Waals surface area (Å²) >= 11 is 2.60. The summed E-state index contributed by atoms with van der Waals surface area (Å²) < 4.78 is 10.0. The summed E-state index contributed by atoms with van der Waals surface area (Å²) in [5.41, 5.74) is 3.20. The number of thiophene rings is 1. The van der Waals surface area contributed by atoms with Crippen molar-refractivity contribution in [1.29, 1.82) is 0 Å². The molecule has 10 nitrogen and oxygen atoms in total. The molecule has 29 heavy (non-hydrogen) atoms. The molecule has 0 aromatic carbocycles. The van der Waals surface area contributed by atoms with Crippen LogP contribution in [0.3, 0.4) is 0 Å². The van der Waals surface area contributed by atoms with Gasteiger partial charge < -0.3 is 25.6 Å². The Morgan fingerprint density at radius 3 is 2.72 bits per heavy atom. The summed E-state index contributed by atoms with van der Waals surface area (Å²) in [5, 5.41) is 13.2. The number of fused-ring (bicyclic) bond motifs is 1. The van der Waals surface area contributed by atoms with Crippen molar-refractivity contribution < 1.29 is 33.8 Å². The first-order valence-electron chi connectivity index (χ1n) is 8.01. The van der Waals surface area contributed by atoms with E-state index in [-0.39, 0.29) is 48.9 Å². The number of carboxylic acid groups (broad SMARTS) is 1. The summed E-state index contributed by atoms with van der Waals surface area (Å²) in [6.07, 6.45) is -0.973. The Kier molecular flexibility index (Phi) is 7.42. The minimum atomic E-state index is -1.66. The first-order valence-corrected chi connectivity index (χ1v) is 9.94. The molecule has 2 atom stereocenters. The number of carbonyl (C=O) groups excluding carboxylic acids is 3. The number of nitrogens with zero attached hydrogens (tertiary/aromatic N) is 1. The van der Waals surface area contributed by atoms with E-state index in [1.165, 1.54) is 30.2 Å². The maximum absolute atomic E-state index is 12.8. The molecule has 152 valence electrons. The van der Waals surface area contributed by atoms with Crippen molar-refractivity contribution in [3.05, 3.63) is 33.7 Å². The quantitative estimate of drug-likeness (QED) is 0.294. The van der Waals surface area contributed by atoms with Crippen molar-refractivity contribution >= 4 is 65.8 Å². The number of methoxy groups -OCH3 is 1. The molecule has 2 aliphatic heterocycles. The molecule has 13 heteroatoms. The minimum absolute atomic E-state index is 0. The molecule has 1 saturated heterocycles. The Labute approximate surface area is 185 Å². The zero-order chi connectivity index (χ0) is 20.5. The van der Waals surface area contributed by atoms with Crippen LogP contribution < -0.4 is 11.1 Å². The fourth-order valence-corrected chi connectivity index (χ4v) is 5.16. The van der Waals surface area contributed by atoms with Gasteiger partial charge in [0.25, 0.3) is 11.6 Å². The number of rotatable bonds is 7. The van der Waals surface area contributed by atoms with Gasteiger partial charge in [-0.05, 0) is 11.4 Å². The van der Waals surface area contributed by atoms with Crippen molar-refractivity contribution in [2.45, 2.75) is 17.5 Å². The second-order valence-electron chi connectivity index (χ2n) is 5.95. The molecule has 0 unspecified atom stereocenters. The number of nitrogens with two attached hydrogens (primary N) is 1. The third kappa shape index (κ3) is 4.31. The number of carboxylic acids is 1. The van der Waals surface area contributed by atoms with Gasteiger partial charge in [0.05, 0.1) is 6.42 Å². The van der Waals surface area contributed by atoms with Gasteiger partial charge >= 0.3 is 30.9 Å². The van der Waals surface area contributed by atoms with Crippen molar-refractivity contribution in [3.63, 3.8) is 0 Å². The number of thioether (sulfide) groups is 1. The predicted molar refractivity (Wildman–Crippen MR) is 106 cm³/mol. The van der Waals surface area contributed by atoms with Crippen LogP contribution in [0.15, 0.2) is 28.8 Å². The standard InChI is InChI=1S/C16H17N3O7S2.Li.H/c1-25-16(18-10(20)5-9-3-2-4-27-9)13(23)19-11(12(21)22)8(6-26-15(17)24)7-28-14(16)19;;/h2-4,14H,5-7H2,1H3,(H2,17,24)(H,18,20)(H,21,22);;/t14-,16+;;/m1../s1. The second kappa shape index (κ2) is 9.23. The van der Waals surface area contributed by atoms with E-state index in [1.54, 1.807) is 6.07 Å². The van der Waals surface area contributed by atoms with Crippen LogP contribution in [0.2, 0.25) is 0 Å². The fourth-order valence-electron chi connectivity index (χ4n) is 3.04. The Hall–Kier alpha value is -1.97. The van der Waals surface area contributed by atoms with E-state index in [9.17, 15) is 24.3 Å². The zero-order valence-electron chi connectivity index (χ0n) is 14.7. The van der Waals surface area contributed by atoms with Gasteiger partial charge in [-0.25, -0.2) is 9.59 Å². The molecule has 4 N–H and O–H groups in total. The number of primary amides is 1. The molecule has 2 aliphatic rings. The third-order valence-corrected chi connectivity index (χ3v) is 6.51. The number of amides is 3. The van der Waals surface area contributed by atoms with Gasteiger partial charge in [-0.15, -0.1) is 23.1 Å². The van der Waals surface area contributed by atoms with Gasteiger partial charge in [0.2, 0.25) is 5.91 Å². The number of β-lactam (4-membered cyclic amide) rings is 1. The van der Waals surface area contributed by atoms with Gasteiger partial charge in [-0.2, -0.15) is 0 Å². The number of nitrogens with one attached hydrogen (secondary N) is 1. The molecule has 1 aromatic rings. The van der Waals surface area contributed by atoms with Crippen molar-refractivity contribution in [2.75, 3.05) is 19.5 Å². The van der Waals surface area contributed by atoms with E-state index in [0.29, 0.717) is 0 Å². The van der Waals surface area contributed by atoms with Crippen molar-refractivity contribution in [1.82, 2.24) is 10.2 Å². The molecular weight excluding hydrogens is 417 g/mol. The molecule has 0 aliphatic carbocycles. The Morgan fingerprint density at radius 2 is 2.17 bits per heavy atom. The number of hydrogen-bond donors (Lipinski definition) is 3. The third-order valence-electron chi connectivity index (χ3n) is 4.26. The van der Waals surface area contributed by atoms with Gasteiger partial charge in [-0.1, -0.05) is 6.07 Å². The maximum atomic E-state index is 12.8. The molecule has 0 radical (unpaired) electrons. The van der Waals surface area contributed by atoms with Gasteiger partial charge in [-0.3, -0.25) is 14.5 Å². The van der Waals surface area contributed by atoms with E-state index in [0.717, 1.165) is 9.78 Å². The van der Waals surface area contributed by atoms with Gasteiger partial charge in [0.1, 0.15) is 17.7 Å². The predicted octanol–water partition coefficient (Wildman–Crippen LogP) is -0.550. The average Bonchev–Trinajstić information content (AvgIpc) is 3.15.